The number of rotatable bonds is 6. The van der Waals surface area contributed by atoms with Crippen molar-refractivity contribution in [1.29, 1.82) is 0 Å². The Hall–Kier alpha value is -2.83. The Balaban J connectivity index is 1.69. The molecule has 0 fully saturated rings. The van der Waals surface area contributed by atoms with Crippen LogP contribution in [0.1, 0.15) is 34.0 Å². The van der Waals surface area contributed by atoms with E-state index in [2.05, 4.69) is 4.90 Å². The largest absolute Gasteiger partial charge is 0.493 e. The summed E-state index contributed by atoms with van der Waals surface area (Å²) in [5.41, 5.74) is 3.19. The van der Waals surface area contributed by atoms with E-state index in [1.807, 2.05) is 44.2 Å². The Morgan fingerprint density at radius 3 is 2.90 bits per heavy atom. The van der Waals surface area contributed by atoms with Gasteiger partial charge >= 0.3 is 0 Å². The van der Waals surface area contributed by atoms with Gasteiger partial charge in [-0.25, -0.2) is 0 Å². The molecule has 0 atom stereocenters. The van der Waals surface area contributed by atoms with E-state index in [1.54, 1.807) is 13.2 Å². The third kappa shape index (κ3) is 3.73. The van der Waals surface area contributed by atoms with Gasteiger partial charge in [0.05, 0.1) is 24.3 Å². The molecule has 0 aromatic heterocycles. The fourth-order valence-electron chi connectivity index (χ4n) is 3.67. The number of para-hydroxylation sites is 1. The van der Waals surface area contributed by atoms with Crippen molar-refractivity contribution >= 4 is 11.9 Å². The molecule has 4 rings (SSSR count). The quantitative estimate of drug-likeness (QED) is 0.694. The number of methoxy groups -OCH3 is 1. The Bertz CT molecular complexity index is 966. The molecule has 2 aliphatic heterocycles. The highest BCUT2D eigenvalue weighted by atomic mass is 16.5. The van der Waals surface area contributed by atoms with Crippen LogP contribution in [0.2, 0.25) is 0 Å². The lowest BCUT2D eigenvalue weighted by molar-refractivity contribution is 0.0646. The van der Waals surface area contributed by atoms with Gasteiger partial charge in [-0.1, -0.05) is 18.2 Å². The van der Waals surface area contributed by atoms with Crippen LogP contribution in [-0.2, 0) is 11.3 Å². The average molecular weight is 395 g/mol. The summed E-state index contributed by atoms with van der Waals surface area (Å²) in [6.07, 6.45) is 1.76. The minimum Gasteiger partial charge on any atom is -0.493 e. The number of benzene rings is 2. The molecule has 0 N–H and O–H groups in total. The predicted octanol–water partition coefficient (Wildman–Crippen LogP) is 3.81. The number of ether oxygens (including phenoxy) is 4. The number of hydrogen-bond acceptors (Lipinski definition) is 6. The maximum Gasteiger partial charge on any atom is 0.232 e. The molecule has 2 aromatic rings. The summed E-state index contributed by atoms with van der Waals surface area (Å²) in [5, 5.41) is 0. The molecule has 0 aliphatic carbocycles. The van der Waals surface area contributed by atoms with Crippen molar-refractivity contribution in [3.63, 3.8) is 0 Å². The van der Waals surface area contributed by atoms with E-state index in [1.165, 1.54) is 0 Å². The zero-order chi connectivity index (χ0) is 20.4. The third-order valence-corrected chi connectivity index (χ3v) is 5.10. The number of carbonyl (C=O) groups is 1. The Kier molecular flexibility index (Phi) is 5.56. The molecule has 2 heterocycles. The molecule has 29 heavy (non-hydrogen) atoms. The van der Waals surface area contributed by atoms with Crippen LogP contribution in [0, 0.1) is 6.92 Å². The van der Waals surface area contributed by atoms with Gasteiger partial charge in [0, 0.05) is 25.8 Å². The summed E-state index contributed by atoms with van der Waals surface area (Å²) < 4.78 is 22.9. The lowest BCUT2D eigenvalue weighted by Crippen LogP contribution is -2.34. The fourth-order valence-corrected chi connectivity index (χ4v) is 3.67. The van der Waals surface area contributed by atoms with Gasteiger partial charge in [-0.05, 0) is 37.6 Å². The van der Waals surface area contributed by atoms with Crippen LogP contribution < -0.4 is 14.2 Å². The minimum absolute atomic E-state index is 0.111. The first-order chi connectivity index (χ1) is 14.1. The van der Waals surface area contributed by atoms with Crippen molar-refractivity contribution in [2.24, 2.45) is 0 Å². The zero-order valence-corrected chi connectivity index (χ0v) is 17.0. The molecule has 0 saturated heterocycles. The molecule has 0 amide bonds. The van der Waals surface area contributed by atoms with Gasteiger partial charge < -0.3 is 18.9 Å². The van der Waals surface area contributed by atoms with Crippen molar-refractivity contribution in [2.45, 2.75) is 20.4 Å². The van der Waals surface area contributed by atoms with E-state index < -0.39 is 0 Å². The topological polar surface area (TPSA) is 57.2 Å². The van der Waals surface area contributed by atoms with Crippen LogP contribution >= 0.6 is 0 Å². The molecule has 0 unspecified atom stereocenters. The van der Waals surface area contributed by atoms with Gasteiger partial charge in [0.25, 0.3) is 0 Å². The van der Waals surface area contributed by atoms with Crippen molar-refractivity contribution in [3.05, 3.63) is 58.3 Å². The summed E-state index contributed by atoms with van der Waals surface area (Å²) in [4.78, 5) is 15.2. The molecule has 152 valence electrons. The minimum atomic E-state index is -0.111. The first-order valence-corrected chi connectivity index (χ1v) is 9.79. The Labute approximate surface area is 170 Å². The van der Waals surface area contributed by atoms with Crippen molar-refractivity contribution in [1.82, 2.24) is 4.90 Å². The summed E-state index contributed by atoms with van der Waals surface area (Å²) >= 11 is 0. The maximum absolute atomic E-state index is 13.1. The van der Waals surface area contributed by atoms with Crippen LogP contribution in [-0.4, -0.2) is 44.3 Å². The van der Waals surface area contributed by atoms with E-state index in [4.69, 9.17) is 18.9 Å². The second kappa shape index (κ2) is 8.27. The first kappa shape index (κ1) is 19.5. The SMILES string of the molecule is CCOc1ccccc1/C=C1\Oc2c3c(cc(C)c2C1=O)OCN(CCOC)C3. The van der Waals surface area contributed by atoms with E-state index in [0.717, 1.165) is 34.7 Å². The van der Waals surface area contributed by atoms with Gasteiger partial charge in [-0.3, -0.25) is 9.69 Å². The molecule has 2 aromatic carbocycles. The van der Waals surface area contributed by atoms with Crippen molar-refractivity contribution < 1.29 is 23.7 Å². The molecule has 6 heteroatoms. The summed E-state index contributed by atoms with van der Waals surface area (Å²) in [6, 6.07) is 9.55. The van der Waals surface area contributed by atoms with Crippen LogP contribution in [0.5, 0.6) is 17.2 Å². The van der Waals surface area contributed by atoms with E-state index in [-0.39, 0.29) is 5.78 Å². The van der Waals surface area contributed by atoms with Crippen LogP contribution in [0.25, 0.3) is 6.08 Å². The lowest BCUT2D eigenvalue weighted by Gasteiger charge is -2.29. The average Bonchev–Trinajstić information content (AvgIpc) is 3.05. The number of allylic oxidation sites excluding steroid dienone is 1. The van der Waals surface area contributed by atoms with E-state index in [9.17, 15) is 4.79 Å². The van der Waals surface area contributed by atoms with Gasteiger partial charge in [-0.15, -0.1) is 0 Å². The molecule has 6 nitrogen and oxygen atoms in total. The van der Waals surface area contributed by atoms with Crippen molar-refractivity contribution in [2.75, 3.05) is 33.6 Å². The summed E-state index contributed by atoms with van der Waals surface area (Å²) in [7, 11) is 1.68. The van der Waals surface area contributed by atoms with Gasteiger partial charge in [-0.2, -0.15) is 0 Å². The fraction of sp³-hybridized carbons (Fsp3) is 0.348. The number of hydrogen-bond donors (Lipinski definition) is 0. The Morgan fingerprint density at radius 2 is 2.10 bits per heavy atom. The van der Waals surface area contributed by atoms with E-state index >= 15 is 0 Å². The smallest absolute Gasteiger partial charge is 0.232 e. The Morgan fingerprint density at radius 1 is 1.28 bits per heavy atom. The second-order valence-corrected chi connectivity index (χ2v) is 7.10. The molecule has 2 aliphatic rings. The molecule has 0 radical (unpaired) electrons. The summed E-state index contributed by atoms with van der Waals surface area (Å²) in [5.74, 6) is 2.30. The van der Waals surface area contributed by atoms with Gasteiger partial charge in [0.2, 0.25) is 5.78 Å². The number of fused-ring (bicyclic) bond motifs is 3. The maximum atomic E-state index is 13.1. The number of aryl methyl sites for hydroxylation is 1. The number of carbonyl (C=O) groups excluding carboxylic acids is 1. The predicted molar refractivity (Wildman–Crippen MR) is 110 cm³/mol. The third-order valence-electron chi connectivity index (χ3n) is 5.10. The molecular formula is C23H25NO5. The first-order valence-electron chi connectivity index (χ1n) is 9.79. The number of Topliss-reactive ketones (excluding diaryl/α,β-unsaturated/α-hetero) is 1. The van der Waals surface area contributed by atoms with Gasteiger partial charge in [0.1, 0.15) is 24.0 Å². The molecule has 0 spiro atoms. The highest BCUT2D eigenvalue weighted by Gasteiger charge is 2.35. The number of ketones is 1. The summed E-state index contributed by atoms with van der Waals surface area (Å²) in [6.45, 7) is 6.91. The van der Waals surface area contributed by atoms with Gasteiger partial charge in [0.15, 0.2) is 5.76 Å². The zero-order valence-electron chi connectivity index (χ0n) is 17.0. The number of nitrogens with zero attached hydrogens (tertiary/aromatic N) is 1. The molecule has 0 saturated carbocycles. The standard InChI is InChI=1S/C23H25NO5/c1-4-27-18-8-6-5-7-16(18)12-20-22(25)21-15(2)11-19-17(23(21)29-20)13-24(14-28-19)9-10-26-3/h5-8,11-12H,4,9-10,13-14H2,1-3H3/b20-12-. The van der Waals surface area contributed by atoms with Crippen LogP contribution in [0.15, 0.2) is 36.1 Å². The second-order valence-electron chi connectivity index (χ2n) is 7.10. The highest BCUT2D eigenvalue weighted by molar-refractivity contribution is 6.16. The monoisotopic (exact) mass is 395 g/mol. The molecular weight excluding hydrogens is 370 g/mol. The lowest BCUT2D eigenvalue weighted by atomic mass is 9.98. The van der Waals surface area contributed by atoms with Crippen LogP contribution in [0.4, 0.5) is 0 Å². The normalized spacial score (nSPS) is 16.9. The molecule has 0 bridgehead atoms. The van der Waals surface area contributed by atoms with E-state index in [0.29, 0.717) is 43.6 Å². The van der Waals surface area contributed by atoms with Crippen LogP contribution in [0.3, 0.4) is 0 Å². The van der Waals surface area contributed by atoms with Crippen molar-refractivity contribution in [3.8, 4) is 17.2 Å². The highest BCUT2D eigenvalue weighted by Crippen LogP contribution is 2.44.